The van der Waals surface area contributed by atoms with Crippen molar-refractivity contribution >= 4 is 24.2 Å². The van der Waals surface area contributed by atoms with E-state index in [-0.39, 0.29) is 0 Å². The Morgan fingerprint density at radius 3 is 2.08 bits per heavy atom. The van der Waals surface area contributed by atoms with Gasteiger partial charge < -0.3 is 4.43 Å². The van der Waals surface area contributed by atoms with Gasteiger partial charge in [0.1, 0.15) is 0 Å². The fourth-order valence-corrected chi connectivity index (χ4v) is 2.88. The molecule has 0 aliphatic rings. The van der Waals surface area contributed by atoms with E-state index >= 15 is 0 Å². The van der Waals surface area contributed by atoms with Gasteiger partial charge >= 0.3 is 0 Å². The van der Waals surface area contributed by atoms with E-state index in [2.05, 4.69) is 49.4 Å². The van der Waals surface area contributed by atoms with E-state index < -0.39 is 8.32 Å². The normalized spacial score (nSPS) is 15.0. The average Bonchev–Trinajstić information content (AvgIpc) is 1.95. The zero-order valence-electron chi connectivity index (χ0n) is 9.56. The van der Waals surface area contributed by atoms with Gasteiger partial charge in [-0.2, -0.15) is 0 Å². The molecule has 0 aliphatic heterocycles. The van der Waals surface area contributed by atoms with Gasteiger partial charge in [-0.15, -0.1) is 0 Å². The standard InChI is InChI=1S/C10H23BrOSi/c1-9(2)10(7-6-8-11)12-13(3,4)5/h9-10H,6-8H2,1-5H3. The summed E-state index contributed by atoms with van der Waals surface area (Å²) in [7, 11) is -1.35. The van der Waals surface area contributed by atoms with Gasteiger partial charge in [0.25, 0.3) is 0 Å². The maximum absolute atomic E-state index is 6.12. The first kappa shape index (κ1) is 13.7. The molecule has 0 spiro atoms. The van der Waals surface area contributed by atoms with Gasteiger partial charge in [-0.05, 0) is 38.4 Å². The van der Waals surface area contributed by atoms with Crippen LogP contribution in [0.15, 0.2) is 0 Å². The molecule has 0 aromatic heterocycles. The molecule has 13 heavy (non-hydrogen) atoms. The van der Waals surface area contributed by atoms with Crippen LogP contribution in [0.3, 0.4) is 0 Å². The number of alkyl halides is 1. The summed E-state index contributed by atoms with van der Waals surface area (Å²) in [6, 6.07) is 0. The third-order valence-corrected chi connectivity index (χ3v) is 3.44. The molecule has 1 unspecified atom stereocenters. The molecule has 0 saturated heterocycles. The Morgan fingerprint density at radius 1 is 1.23 bits per heavy atom. The minimum atomic E-state index is -1.35. The minimum Gasteiger partial charge on any atom is -0.414 e. The molecular formula is C10H23BrOSi. The van der Waals surface area contributed by atoms with Crippen molar-refractivity contribution < 1.29 is 4.43 Å². The monoisotopic (exact) mass is 266 g/mol. The van der Waals surface area contributed by atoms with Crippen LogP contribution in [0.4, 0.5) is 0 Å². The van der Waals surface area contributed by atoms with Crippen molar-refractivity contribution in [3.63, 3.8) is 0 Å². The van der Waals surface area contributed by atoms with Crippen LogP contribution >= 0.6 is 15.9 Å². The topological polar surface area (TPSA) is 9.23 Å². The highest BCUT2D eigenvalue weighted by Gasteiger charge is 2.22. The molecule has 0 bridgehead atoms. The first-order valence-corrected chi connectivity index (χ1v) is 9.63. The molecule has 0 aromatic carbocycles. The van der Waals surface area contributed by atoms with Crippen molar-refractivity contribution in [3.8, 4) is 0 Å². The largest absolute Gasteiger partial charge is 0.414 e. The van der Waals surface area contributed by atoms with E-state index in [1.807, 2.05) is 0 Å². The molecule has 0 fully saturated rings. The Morgan fingerprint density at radius 2 is 1.77 bits per heavy atom. The van der Waals surface area contributed by atoms with Crippen molar-refractivity contribution in [1.82, 2.24) is 0 Å². The first-order valence-electron chi connectivity index (χ1n) is 5.10. The second-order valence-electron chi connectivity index (χ2n) is 4.84. The van der Waals surface area contributed by atoms with E-state index in [1.165, 1.54) is 12.8 Å². The van der Waals surface area contributed by atoms with Crippen LogP contribution in [0.25, 0.3) is 0 Å². The maximum Gasteiger partial charge on any atom is 0.184 e. The molecule has 1 atom stereocenters. The SMILES string of the molecule is CC(C)C(CCCBr)O[Si](C)(C)C. The fourth-order valence-electron chi connectivity index (χ4n) is 1.26. The predicted molar refractivity (Wildman–Crippen MR) is 66.1 cm³/mol. The lowest BCUT2D eigenvalue weighted by Gasteiger charge is -2.29. The Bertz CT molecular complexity index is 131. The summed E-state index contributed by atoms with van der Waals surface area (Å²) in [6.07, 6.45) is 2.87. The zero-order valence-corrected chi connectivity index (χ0v) is 12.1. The van der Waals surface area contributed by atoms with Crippen LogP contribution in [0.2, 0.25) is 19.6 Å². The molecule has 0 N–H and O–H groups in total. The van der Waals surface area contributed by atoms with E-state index in [9.17, 15) is 0 Å². The Kier molecular flexibility index (Phi) is 6.51. The van der Waals surface area contributed by atoms with Crippen LogP contribution in [-0.4, -0.2) is 19.8 Å². The van der Waals surface area contributed by atoms with Crippen LogP contribution in [0.5, 0.6) is 0 Å². The smallest absolute Gasteiger partial charge is 0.184 e. The quantitative estimate of drug-likeness (QED) is 0.521. The lowest BCUT2D eigenvalue weighted by atomic mass is 10.0. The minimum absolute atomic E-state index is 0.462. The van der Waals surface area contributed by atoms with Gasteiger partial charge in [0.05, 0.1) is 0 Å². The molecule has 0 heterocycles. The fraction of sp³-hybridized carbons (Fsp3) is 1.00. The molecule has 0 aliphatic carbocycles. The lowest BCUT2D eigenvalue weighted by molar-refractivity contribution is 0.134. The van der Waals surface area contributed by atoms with Gasteiger partial charge in [-0.1, -0.05) is 29.8 Å². The van der Waals surface area contributed by atoms with Gasteiger partial charge in [0.2, 0.25) is 0 Å². The first-order chi connectivity index (χ1) is 5.87. The third-order valence-electron chi connectivity index (χ3n) is 1.87. The highest BCUT2D eigenvalue weighted by molar-refractivity contribution is 9.09. The van der Waals surface area contributed by atoms with Gasteiger partial charge in [-0.3, -0.25) is 0 Å². The van der Waals surface area contributed by atoms with Crippen LogP contribution < -0.4 is 0 Å². The second-order valence-corrected chi connectivity index (χ2v) is 10.1. The molecular weight excluding hydrogens is 244 g/mol. The Labute approximate surface area is 92.5 Å². The van der Waals surface area contributed by atoms with Crippen LogP contribution in [0.1, 0.15) is 26.7 Å². The molecule has 0 amide bonds. The summed E-state index contributed by atoms with van der Waals surface area (Å²) in [5.74, 6) is 0.644. The molecule has 0 saturated carbocycles. The van der Waals surface area contributed by atoms with Crippen molar-refractivity contribution in [2.45, 2.75) is 52.4 Å². The van der Waals surface area contributed by atoms with Crippen molar-refractivity contribution in [2.75, 3.05) is 5.33 Å². The van der Waals surface area contributed by atoms with Gasteiger partial charge in [-0.25, -0.2) is 0 Å². The number of hydrogen-bond acceptors (Lipinski definition) is 1. The van der Waals surface area contributed by atoms with Crippen molar-refractivity contribution in [1.29, 1.82) is 0 Å². The Balaban J connectivity index is 3.95. The summed E-state index contributed by atoms with van der Waals surface area (Å²) >= 11 is 3.46. The molecule has 0 rings (SSSR count). The van der Waals surface area contributed by atoms with E-state index in [0.29, 0.717) is 12.0 Å². The molecule has 3 heteroatoms. The highest BCUT2D eigenvalue weighted by Crippen LogP contribution is 2.18. The highest BCUT2D eigenvalue weighted by atomic mass is 79.9. The van der Waals surface area contributed by atoms with Gasteiger partial charge in [0, 0.05) is 11.4 Å². The molecule has 0 radical (unpaired) electrons. The maximum atomic E-state index is 6.12. The third kappa shape index (κ3) is 7.71. The molecule has 80 valence electrons. The van der Waals surface area contributed by atoms with E-state index in [0.717, 1.165) is 5.33 Å². The van der Waals surface area contributed by atoms with Crippen LogP contribution in [0, 0.1) is 5.92 Å². The number of hydrogen-bond donors (Lipinski definition) is 0. The van der Waals surface area contributed by atoms with Crippen molar-refractivity contribution in [3.05, 3.63) is 0 Å². The predicted octanol–water partition coefficient (Wildman–Crippen LogP) is 4.04. The lowest BCUT2D eigenvalue weighted by Crippen LogP contribution is -2.34. The summed E-state index contributed by atoms with van der Waals surface area (Å²) in [5, 5.41) is 1.09. The van der Waals surface area contributed by atoms with Gasteiger partial charge in [0.15, 0.2) is 8.32 Å². The average molecular weight is 267 g/mol. The zero-order chi connectivity index (χ0) is 10.5. The molecule has 1 nitrogen and oxygen atoms in total. The number of rotatable bonds is 6. The van der Waals surface area contributed by atoms with Crippen LogP contribution in [-0.2, 0) is 4.43 Å². The Hall–Kier alpha value is 0.657. The second kappa shape index (κ2) is 6.20. The number of halogens is 1. The molecule has 0 aromatic rings. The van der Waals surface area contributed by atoms with E-state index in [4.69, 9.17) is 4.43 Å². The summed E-state index contributed by atoms with van der Waals surface area (Å²) < 4.78 is 6.12. The summed E-state index contributed by atoms with van der Waals surface area (Å²) in [4.78, 5) is 0. The van der Waals surface area contributed by atoms with E-state index in [1.54, 1.807) is 0 Å². The summed E-state index contributed by atoms with van der Waals surface area (Å²) in [6.45, 7) is 11.3. The summed E-state index contributed by atoms with van der Waals surface area (Å²) in [5.41, 5.74) is 0. The van der Waals surface area contributed by atoms with Crippen molar-refractivity contribution in [2.24, 2.45) is 5.92 Å².